The van der Waals surface area contributed by atoms with Crippen LogP contribution in [0.1, 0.15) is 19.3 Å². The maximum Gasteiger partial charge on any atom is 0.0431 e. The molecule has 0 fully saturated rings. The summed E-state index contributed by atoms with van der Waals surface area (Å²) in [5, 5.41) is 12.0. The molecule has 0 aliphatic heterocycles. The van der Waals surface area contributed by atoms with Crippen LogP contribution in [-0.2, 0) is 0 Å². The summed E-state index contributed by atoms with van der Waals surface area (Å²) in [6, 6.07) is 0. The normalized spacial score (nSPS) is 10.1. The molecule has 0 bridgehead atoms. The van der Waals surface area contributed by atoms with Crippen molar-refractivity contribution in [2.45, 2.75) is 19.3 Å². The van der Waals surface area contributed by atoms with E-state index in [1.54, 1.807) is 0 Å². The van der Waals surface area contributed by atoms with Gasteiger partial charge in [0.1, 0.15) is 0 Å². The lowest BCUT2D eigenvalue weighted by molar-refractivity contribution is 0.274. The van der Waals surface area contributed by atoms with E-state index in [0.717, 1.165) is 32.4 Å². The zero-order valence-corrected chi connectivity index (χ0v) is 8.19. The van der Waals surface area contributed by atoms with Crippen LogP contribution in [0.25, 0.3) is 10.4 Å². The van der Waals surface area contributed by atoms with E-state index < -0.39 is 0 Å². The summed E-state index contributed by atoms with van der Waals surface area (Å²) < 4.78 is 0. The van der Waals surface area contributed by atoms with E-state index in [0.29, 0.717) is 6.54 Å². The van der Waals surface area contributed by atoms with Gasteiger partial charge in [0.15, 0.2) is 0 Å². The molecule has 76 valence electrons. The number of aliphatic hydroxyl groups is 1. The molecule has 0 unspecified atom stereocenters. The quantitative estimate of drug-likeness (QED) is 0.269. The Morgan fingerprint density at radius 2 is 2.08 bits per heavy atom. The van der Waals surface area contributed by atoms with Crippen molar-refractivity contribution < 1.29 is 5.11 Å². The van der Waals surface area contributed by atoms with Crippen molar-refractivity contribution in [3.8, 4) is 0 Å². The van der Waals surface area contributed by atoms with Gasteiger partial charge in [0.05, 0.1) is 0 Å². The monoisotopic (exact) mass is 186 g/mol. The van der Waals surface area contributed by atoms with Crippen LogP contribution in [0, 0.1) is 0 Å². The van der Waals surface area contributed by atoms with Crippen molar-refractivity contribution >= 4 is 0 Å². The molecule has 0 rings (SSSR count). The molecule has 1 N–H and O–H groups in total. The Hall–Kier alpha value is -0.770. The second kappa shape index (κ2) is 9.32. The van der Waals surface area contributed by atoms with Crippen molar-refractivity contribution in [1.82, 2.24) is 4.90 Å². The number of rotatable bonds is 8. The van der Waals surface area contributed by atoms with Crippen molar-refractivity contribution in [3.05, 3.63) is 10.4 Å². The van der Waals surface area contributed by atoms with E-state index >= 15 is 0 Å². The fourth-order valence-electron chi connectivity index (χ4n) is 1.04. The highest BCUT2D eigenvalue weighted by molar-refractivity contribution is 4.55. The lowest BCUT2D eigenvalue weighted by atomic mass is 10.2. The number of likely N-dealkylation sites (N-methyl/N-ethyl adjacent to an activating group) is 1. The van der Waals surface area contributed by atoms with E-state index in [4.69, 9.17) is 10.6 Å². The van der Waals surface area contributed by atoms with Crippen LogP contribution in [-0.4, -0.2) is 43.3 Å². The number of hydrogen-bond acceptors (Lipinski definition) is 3. The Labute approximate surface area is 79.0 Å². The van der Waals surface area contributed by atoms with Gasteiger partial charge in [-0.2, -0.15) is 0 Å². The minimum Gasteiger partial charge on any atom is -0.396 e. The number of nitrogens with zero attached hydrogens (tertiary/aromatic N) is 4. The molecular weight excluding hydrogens is 168 g/mol. The number of unbranched alkanes of at least 4 members (excludes halogenated alkanes) is 2. The van der Waals surface area contributed by atoms with Gasteiger partial charge in [-0.25, -0.2) is 0 Å². The van der Waals surface area contributed by atoms with Crippen LogP contribution in [0.3, 0.4) is 0 Å². The molecule has 0 saturated heterocycles. The van der Waals surface area contributed by atoms with Gasteiger partial charge in [0.25, 0.3) is 0 Å². The largest absolute Gasteiger partial charge is 0.396 e. The summed E-state index contributed by atoms with van der Waals surface area (Å²) in [5.41, 5.74) is 8.04. The molecule has 0 spiro atoms. The lowest BCUT2D eigenvalue weighted by Gasteiger charge is -2.14. The van der Waals surface area contributed by atoms with E-state index in [1.165, 1.54) is 0 Å². The fraction of sp³-hybridized carbons (Fsp3) is 1.00. The van der Waals surface area contributed by atoms with Crippen LogP contribution in [0.2, 0.25) is 0 Å². The zero-order valence-electron chi connectivity index (χ0n) is 8.19. The summed E-state index contributed by atoms with van der Waals surface area (Å²) in [7, 11) is 2.01. The lowest BCUT2D eigenvalue weighted by Crippen LogP contribution is -2.22. The van der Waals surface area contributed by atoms with Crippen LogP contribution in [0.5, 0.6) is 0 Å². The maximum absolute atomic E-state index is 8.54. The molecule has 0 aromatic heterocycles. The van der Waals surface area contributed by atoms with Crippen LogP contribution in [0.15, 0.2) is 5.11 Å². The van der Waals surface area contributed by atoms with Gasteiger partial charge >= 0.3 is 0 Å². The molecule has 0 saturated carbocycles. The molecule has 0 heterocycles. The highest BCUT2D eigenvalue weighted by Crippen LogP contribution is 1.96. The predicted molar refractivity (Wildman–Crippen MR) is 52.4 cm³/mol. The van der Waals surface area contributed by atoms with Crippen molar-refractivity contribution in [1.29, 1.82) is 0 Å². The minimum absolute atomic E-state index is 0.280. The number of hydrogen-bond donors (Lipinski definition) is 1. The van der Waals surface area contributed by atoms with E-state index in [2.05, 4.69) is 14.9 Å². The second-order valence-corrected chi connectivity index (χ2v) is 3.04. The summed E-state index contributed by atoms with van der Waals surface area (Å²) >= 11 is 0. The number of azide groups is 1. The zero-order chi connectivity index (χ0) is 9.94. The summed E-state index contributed by atoms with van der Waals surface area (Å²) in [6.45, 7) is 2.62. The summed E-state index contributed by atoms with van der Waals surface area (Å²) in [6.07, 6.45) is 3.03. The maximum atomic E-state index is 8.54. The first-order valence-corrected chi connectivity index (χ1v) is 4.61. The standard InChI is InChI=1S/C8H18N4O/c1-12(7-5-10-11-9)6-3-2-4-8-13/h13H,2-8H2,1H3. The molecule has 0 aliphatic rings. The van der Waals surface area contributed by atoms with E-state index in [9.17, 15) is 0 Å². The van der Waals surface area contributed by atoms with Crippen molar-refractivity contribution in [2.75, 3.05) is 33.3 Å². The van der Waals surface area contributed by atoms with Gasteiger partial charge in [0, 0.05) is 24.6 Å². The van der Waals surface area contributed by atoms with Gasteiger partial charge in [-0.15, -0.1) is 0 Å². The van der Waals surface area contributed by atoms with Gasteiger partial charge in [-0.1, -0.05) is 5.11 Å². The number of aliphatic hydroxyl groups excluding tert-OH is 1. The second-order valence-electron chi connectivity index (χ2n) is 3.04. The molecule has 5 nitrogen and oxygen atoms in total. The average Bonchev–Trinajstić information content (AvgIpc) is 2.13. The van der Waals surface area contributed by atoms with Crippen molar-refractivity contribution in [2.24, 2.45) is 5.11 Å². The molecule has 0 atom stereocenters. The first-order chi connectivity index (χ1) is 6.31. The van der Waals surface area contributed by atoms with Crippen LogP contribution >= 0.6 is 0 Å². The minimum atomic E-state index is 0.280. The van der Waals surface area contributed by atoms with E-state index in [-0.39, 0.29) is 6.61 Å². The highest BCUT2D eigenvalue weighted by Gasteiger charge is 1.96. The van der Waals surface area contributed by atoms with Crippen LogP contribution < -0.4 is 0 Å². The Balaban J connectivity index is 3.19. The van der Waals surface area contributed by atoms with Gasteiger partial charge in [0.2, 0.25) is 0 Å². The third-order valence-corrected chi connectivity index (χ3v) is 1.84. The smallest absolute Gasteiger partial charge is 0.0431 e. The first-order valence-electron chi connectivity index (χ1n) is 4.61. The average molecular weight is 186 g/mol. The highest BCUT2D eigenvalue weighted by atomic mass is 16.2. The fourth-order valence-corrected chi connectivity index (χ4v) is 1.04. The SMILES string of the molecule is CN(CCCCCO)CCN=[N+]=[N-]. The summed E-state index contributed by atoms with van der Waals surface area (Å²) in [5.74, 6) is 0. The third kappa shape index (κ3) is 9.14. The molecule has 0 amide bonds. The Morgan fingerprint density at radius 1 is 1.31 bits per heavy atom. The topological polar surface area (TPSA) is 72.2 Å². The van der Waals surface area contributed by atoms with Crippen LogP contribution in [0.4, 0.5) is 0 Å². The molecule has 0 aliphatic carbocycles. The molecule has 13 heavy (non-hydrogen) atoms. The molecule has 5 heteroatoms. The first kappa shape index (κ1) is 12.2. The van der Waals surface area contributed by atoms with Gasteiger partial charge in [-0.3, -0.25) is 0 Å². The molecular formula is C8H18N4O. The molecule has 0 aromatic rings. The van der Waals surface area contributed by atoms with E-state index in [1.807, 2.05) is 7.05 Å². The summed E-state index contributed by atoms with van der Waals surface area (Å²) in [4.78, 5) is 4.81. The predicted octanol–water partition coefficient (Wildman–Crippen LogP) is 1.39. The Kier molecular flexibility index (Phi) is 8.77. The van der Waals surface area contributed by atoms with Crippen molar-refractivity contribution in [3.63, 3.8) is 0 Å². The molecule has 0 aromatic carbocycles. The van der Waals surface area contributed by atoms with Gasteiger partial charge in [-0.05, 0) is 38.4 Å². The Bertz CT molecular complexity index is 156. The molecule has 0 radical (unpaired) electrons. The Morgan fingerprint density at radius 3 is 2.69 bits per heavy atom. The third-order valence-electron chi connectivity index (χ3n) is 1.84. The van der Waals surface area contributed by atoms with Gasteiger partial charge < -0.3 is 10.0 Å².